The molecule has 1 aromatic heterocycles. The number of nitrogens with two attached hydrogens (primary N) is 1. The summed E-state index contributed by atoms with van der Waals surface area (Å²) >= 11 is 0. The molecule has 82 valence electrons. The van der Waals surface area contributed by atoms with Crippen LogP contribution in [0.15, 0.2) is 42.7 Å². The molecule has 0 aliphatic heterocycles. The van der Waals surface area contributed by atoms with Gasteiger partial charge in [0.2, 0.25) is 0 Å². The van der Waals surface area contributed by atoms with Gasteiger partial charge in [-0.2, -0.15) is 0 Å². The highest BCUT2D eigenvalue weighted by Crippen LogP contribution is 2.21. The van der Waals surface area contributed by atoms with Crippen molar-refractivity contribution in [3.63, 3.8) is 0 Å². The molecule has 2 aromatic rings. The maximum Gasteiger partial charge on any atom is 0.125 e. The molecule has 0 saturated heterocycles. The van der Waals surface area contributed by atoms with E-state index in [1.54, 1.807) is 0 Å². The monoisotopic (exact) mass is 213 g/mol. The van der Waals surface area contributed by atoms with Gasteiger partial charge in [-0.25, -0.2) is 9.97 Å². The Labute approximate surface area is 95.4 Å². The summed E-state index contributed by atoms with van der Waals surface area (Å²) < 4.78 is 0. The highest BCUT2D eigenvalue weighted by Gasteiger charge is 2.12. The molecule has 16 heavy (non-hydrogen) atoms. The Morgan fingerprint density at radius 1 is 1.06 bits per heavy atom. The van der Waals surface area contributed by atoms with E-state index in [0.29, 0.717) is 6.54 Å². The van der Waals surface area contributed by atoms with Gasteiger partial charge in [-0.3, -0.25) is 0 Å². The van der Waals surface area contributed by atoms with Gasteiger partial charge in [0.05, 0.1) is 0 Å². The fourth-order valence-corrected chi connectivity index (χ4v) is 1.73. The van der Waals surface area contributed by atoms with Crippen molar-refractivity contribution in [2.75, 3.05) is 6.54 Å². The van der Waals surface area contributed by atoms with Gasteiger partial charge in [0.1, 0.15) is 5.82 Å². The summed E-state index contributed by atoms with van der Waals surface area (Å²) in [4.78, 5) is 8.41. The van der Waals surface area contributed by atoms with Crippen molar-refractivity contribution in [2.24, 2.45) is 5.73 Å². The lowest BCUT2D eigenvalue weighted by Gasteiger charge is -2.14. The number of aryl methyl sites for hydroxylation is 1. The van der Waals surface area contributed by atoms with Crippen LogP contribution in [0.4, 0.5) is 0 Å². The molecular formula is C13H15N3. The molecule has 1 heterocycles. The topological polar surface area (TPSA) is 51.8 Å². The molecular weight excluding hydrogens is 198 g/mol. The molecule has 2 N–H and O–H groups in total. The Kier molecular flexibility index (Phi) is 3.27. The van der Waals surface area contributed by atoms with Gasteiger partial charge in [0.15, 0.2) is 0 Å². The summed E-state index contributed by atoms with van der Waals surface area (Å²) in [6.07, 6.45) is 3.71. The second kappa shape index (κ2) is 4.86. The number of hydrogen-bond acceptors (Lipinski definition) is 3. The molecule has 0 radical (unpaired) electrons. The van der Waals surface area contributed by atoms with Crippen molar-refractivity contribution in [1.82, 2.24) is 9.97 Å². The first-order valence-corrected chi connectivity index (χ1v) is 5.35. The second-order valence-corrected chi connectivity index (χ2v) is 3.76. The number of nitrogens with zero attached hydrogens (tertiary/aromatic N) is 2. The average molecular weight is 213 g/mol. The molecule has 3 nitrogen and oxygen atoms in total. The molecule has 1 aromatic carbocycles. The third-order valence-corrected chi connectivity index (χ3v) is 2.64. The minimum Gasteiger partial charge on any atom is -0.330 e. The Bertz CT molecular complexity index is 436. The number of hydrogen-bond donors (Lipinski definition) is 1. The van der Waals surface area contributed by atoms with Gasteiger partial charge >= 0.3 is 0 Å². The molecule has 1 unspecified atom stereocenters. The van der Waals surface area contributed by atoms with Crippen LogP contribution in [0.2, 0.25) is 0 Å². The van der Waals surface area contributed by atoms with Crippen LogP contribution in [0.5, 0.6) is 0 Å². The van der Waals surface area contributed by atoms with Crippen molar-refractivity contribution in [3.05, 3.63) is 59.7 Å². The van der Waals surface area contributed by atoms with E-state index in [-0.39, 0.29) is 5.92 Å². The summed E-state index contributed by atoms with van der Waals surface area (Å²) in [7, 11) is 0. The molecule has 0 aliphatic rings. The number of benzene rings is 1. The molecule has 3 heteroatoms. The Morgan fingerprint density at radius 2 is 1.69 bits per heavy atom. The molecule has 1 atom stereocenters. The summed E-state index contributed by atoms with van der Waals surface area (Å²) in [6, 6.07) is 10.2. The van der Waals surface area contributed by atoms with Crippen LogP contribution >= 0.6 is 0 Å². The van der Waals surface area contributed by atoms with Gasteiger partial charge in [0, 0.05) is 24.9 Å². The predicted octanol–water partition coefficient (Wildman–Crippen LogP) is 1.88. The van der Waals surface area contributed by atoms with Gasteiger partial charge in [-0.1, -0.05) is 30.3 Å². The van der Waals surface area contributed by atoms with E-state index in [0.717, 1.165) is 11.4 Å². The van der Waals surface area contributed by atoms with E-state index in [1.165, 1.54) is 5.56 Å². The third kappa shape index (κ3) is 2.25. The normalized spacial score (nSPS) is 12.4. The van der Waals surface area contributed by atoms with Crippen molar-refractivity contribution in [1.29, 1.82) is 0 Å². The fourth-order valence-electron chi connectivity index (χ4n) is 1.73. The van der Waals surface area contributed by atoms with Crippen LogP contribution in [-0.4, -0.2) is 16.5 Å². The van der Waals surface area contributed by atoms with Gasteiger partial charge in [-0.05, 0) is 18.1 Å². The molecule has 0 spiro atoms. The van der Waals surface area contributed by atoms with Crippen molar-refractivity contribution in [2.45, 2.75) is 12.8 Å². The lowest BCUT2D eigenvalue weighted by molar-refractivity contribution is 0.800. The predicted molar refractivity (Wildman–Crippen MR) is 64.1 cm³/mol. The minimum atomic E-state index is 0.182. The fraction of sp³-hybridized carbons (Fsp3) is 0.231. The largest absolute Gasteiger partial charge is 0.330 e. The molecule has 0 fully saturated rings. The van der Waals surface area contributed by atoms with Gasteiger partial charge in [0.25, 0.3) is 0 Å². The maximum absolute atomic E-state index is 5.82. The van der Waals surface area contributed by atoms with Crippen molar-refractivity contribution < 1.29 is 0 Å². The SMILES string of the molecule is Cc1ncc(C(CN)c2ccccc2)cn1. The van der Waals surface area contributed by atoms with Gasteiger partial charge < -0.3 is 5.73 Å². The molecule has 0 amide bonds. The van der Waals surface area contributed by atoms with Crippen LogP contribution in [0, 0.1) is 6.92 Å². The lowest BCUT2D eigenvalue weighted by Crippen LogP contribution is -2.14. The smallest absolute Gasteiger partial charge is 0.125 e. The molecule has 2 rings (SSSR count). The van der Waals surface area contributed by atoms with E-state index in [1.807, 2.05) is 37.5 Å². The highest BCUT2D eigenvalue weighted by molar-refractivity contribution is 5.30. The first-order chi connectivity index (χ1) is 7.81. The van der Waals surface area contributed by atoms with E-state index in [2.05, 4.69) is 22.1 Å². The van der Waals surface area contributed by atoms with Crippen LogP contribution in [0.25, 0.3) is 0 Å². The lowest BCUT2D eigenvalue weighted by atomic mass is 9.93. The van der Waals surface area contributed by atoms with Crippen LogP contribution in [-0.2, 0) is 0 Å². The summed E-state index contributed by atoms with van der Waals surface area (Å²) in [5, 5.41) is 0. The zero-order valence-corrected chi connectivity index (χ0v) is 9.30. The third-order valence-electron chi connectivity index (χ3n) is 2.64. The second-order valence-electron chi connectivity index (χ2n) is 3.76. The van der Waals surface area contributed by atoms with Crippen LogP contribution in [0.1, 0.15) is 22.9 Å². The number of aromatic nitrogens is 2. The quantitative estimate of drug-likeness (QED) is 0.846. The van der Waals surface area contributed by atoms with E-state index in [9.17, 15) is 0 Å². The standard InChI is InChI=1S/C13H15N3/c1-10-15-8-12(9-16-10)13(7-14)11-5-3-2-4-6-11/h2-6,8-9,13H,7,14H2,1H3. The first-order valence-electron chi connectivity index (χ1n) is 5.35. The minimum absolute atomic E-state index is 0.182. The Hall–Kier alpha value is -1.74. The summed E-state index contributed by atoms with van der Waals surface area (Å²) in [5.41, 5.74) is 8.09. The number of rotatable bonds is 3. The zero-order chi connectivity index (χ0) is 11.4. The van der Waals surface area contributed by atoms with E-state index in [4.69, 9.17) is 5.73 Å². The molecule has 0 aliphatic carbocycles. The first kappa shape index (κ1) is 10.8. The Balaban J connectivity index is 2.33. The summed E-state index contributed by atoms with van der Waals surface area (Å²) in [6.45, 7) is 2.44. The maximum atomic E-state index is 5.82. The van der Waals surface area contributed by atoms with Crippen molar-refractivity contribution >= 4 is 0 Å². The van der Waals surface area contributed by atoms with Crippen LogP contribution < -0.4 is 5.73 Å². The highest BCUT2D eigenvalue weighted by atomic mass is 14.8. The van der Waals surface area contributed by atoms with E-state index < -0.39 is 0 Å². The summed E-state index contributed by atoms with van der Waals surface area (Å²) in [5.74, 6) is 0.967. The molecule has 0 saturated carbocycles. The van der Waals surface area contributed by atoms with E-state index >= 15 is 0 Å². The van der Waals surface area contributed by atoms with Gasteiger partial charge in [-0.15, -0.1) is 0 Å². The zero-order valence-electron chi connectivity index (χ0n) is 9.30. The average Bonchev–Trinajstić information content (AvgIpc) is 2.34. The Morgan fingerprint density at radius 3 is 2.25 bits per heavy atom. The van der Waals surface area contributed by atoms with Crippen LogP contribution in [0.3, 0.4) is 0 Å². The molecule has 0 bridgehead atoms. The van der Waals surface area contributed by atoms with Crippen molar-refractivity contribution in [3.8, 4) is 0 Å².